The van der Waals surface area contributed by atoms with Crippen LogP contribution in [0.3, 0.4) is 0 Å². The summed E-state index contributed by atoms with van der Waals surface area (Å²) in [6.07, 6.45) is 0. The van der Waals surface area contributed by atoms with Crippen LogP contribution < -0.4 is 4.74 Å². The van der Waals surface area contributed by atoms with E-state index in [1.807, 2.05) is 31.2 Å². The van der Waals surface area contributed by atoms with Gasteiger partial charge in [0.1, 0.15) is 23.9 Å². The highest BCUT2D eigenvalue weighted by Crippen LogP contribution is 2.25. The molecule has 0 aliphatic rings. The highest BCUT2D eigenvalue weighted by Gasteiger charge is 2.17. The minimum absolute atomic E-state index is 0.168. The number of likely N-dealkylation sites (N-methyl/N-ethyl adjacent to an activating group) is 1. The third kappa shape index (κ3) is 4.11. The smallest absolute Gasteiger partial charge is 0.289 e. The normalized spacial score (nSPS) is 10.6. The van der Waals surface area contributed by atoms with E-state index in [1.165, 1.54) is 11.0 Å². The molecule has 0 spiro atoms. The number of ether oxygens (including phenoxy) is 1. The Morgan fingerprint density at radius 1 is 1.08 bits per heavy atom. The standard InChI is InChI=1S/C21H20FNO3/c1-15-7-9-16(10-8-15)25-14-13-23(2)21(24)20-12-11-19(26-20)17-5-3-4-6-18(17)22/h3-12H,13-14H2,1-2H3. The van der Waals surface area contributed by atoms with E-state index in [4.69, 9.17) is 9.15 Å². The van der Waals surface area contributed by atoms with Gasteiger partial charge in [0.25, 0.3) is 5.91 Å². The van der Waals surface area contributed by atoms with Crippen LogP contribution in [0.2, 0.25) is 0 Å². The van der Waals surface area contributed by atoms with Crippen molar-refractivity contribution < 1.29 is 18.3 Å². The average Bonchev–Trinajstić information content (AvgIpc) is 3.13. The molecule has 1 aromatic heterocycles. The van der Waals surface area contributed by atoms with Crippen molar-refractivity contribution in [1.29, 1.82) is 0 Å². The molecular weight excluding hydrogens is 333 g/mol. The van der Waals surface area contributed by atoms with Crippen LogP contribution in [0, 0.1) is 12.7 Å². The zero-order chi connectivity index (χ0) is 18.5. The fourth-order valence-corrected chi connectivity index (χ4v) is 2.48. The lowest BCUT2D eigenvalue weighted by molar-refractivity contribution is 0.0743. The maximum atomic E-state index is 13.8. The number of hydrogen-bond donors (Lipinski definition) is 0. The van der Waals surface area contributed by atoms with Crippen molar-refractivity contribution in [2.45, 2.75) is 6.92 Å². The van der Waals surface area contributed by atoms with Gasteiger partial charge in [-0.1, -0.05) is 29.8 Å². The molecule has 3 rings (SSSR count). The van der Waals surface area contributed by atoms with Crippen LogP contribution >= 0.6 is 0 Å². The summed E-state index contributed by atoms with van der Waals surface area (Å²) in [7, 11) is 1.67. The van der Waals surface area contributed by atoms with Crippen LogP contribution in [0.1, 0.15) is 16.1 Å². The van der Waals surface area contributed by atoms with Crippen LogP contribution in [-0.4, -0.2) is 31.0 Å². The van der Waals surface area contributed by atoms with E-state index in [0.29, 0.717) is 24.5 Å². The number of nitrogens with zero attached hydrogens (tertiary/aromatic N) is 1. The first-order valence-electron chi connectivity index (χ1n) is 8.34. The Balaban J connectivity index is 1.58. The zero-order valence-corrected chi connectivity index (χ0v) is 14.7. The Kier molecular flexibility index (Phi) is 5.37. The maximum absolute atomic E-state index is 13.8. The molecule has 0 bridgehead atoms. The number of hydrogen-bond acceptors (Lipinski definition) is 3. The molecule has 1 amide bonds. The molecule has 1 heterocycles. The summed E-state index contributed by atoms with van der Waals surface area (Å²) in [5, 5.41) is 0. The molecule has 0 aliphatic heterocycles. The molecule has 0 saturated carbocycles. The van der Waals surface area contributed by atoms with E-state index in [2.05, 4.69) is 0 Å². The van der Waals surface area contributed by atoms with Crippen LogP contribution in [0.15, 0.2) is 65.1 Å². The van der Waals surface area contributed by atoms with Crippen molar-refractivity contribution in [3.8, 4) is 17.1 Å². The lowest BCUT2D eigenvalue weighted by atomic mass is 10.1. The second kappa shape index (κ2) is 7.87. The van der Waals surface area contributed by atoms with Gasteiger partial charge in [0.15, 0.2) is 5.76 Å². The minimum Gasteiger partial charge on any atom is -0.492 e. The van der Waals surface area contributed by atoms with Gasteiger partial charge in [0.05, 0.1) is 12.1 Å². The highest BCUT2D eigenvalue weighted by atomic mass is 19.1. The molecule has 26 heavy (non-hydrogen) atoms. The molecule has 5 heteroatoms. The SMILES string of the molecule is Cc1ccc(OCCN(C)C(=O)c2ccc(-c3ccccc3F)o2)cc1. The Bertz CT molecular complexity index is 886. The molecular formula is C21H20FNO3. The number of benzene rings is 2. The van der Waals surface area contributed by atoms with Crippen LogP contribution in [0.4, 0.5) is 4.39 Å². The molecule has 0 radical (unpaired) electrons. The Morgan fingerprint density at radius 3 is 2.54 bits per heavy atom. The number of aryl methyl sites for hydroxylation is 1. The molecule has 0 unspecified atom stereocenters. The molecule has 0 N–H and O–H groups in total. The third-order valence-electron chi connectivity index (χ3n) is 4.02. The second-order valence-electron chi connectivity index (χ2n) is 6.03. The van der Waals surface area contributed by atoms with Crippen molar-refractivity contribution in [2.24, 2.45) is 0 Å². The average molecular weight is 353 g/mol. The number of furan rings is 1. The van der Waals surface area contributed by atoms with Gasteiger partial charge in [0.2, 0.25) is 0 Å². The van der Waals surface area contributed by atoms with E-state index in [0.717, 1.165) is 11.3 Å². The number of carbonyl (C=O) groups is 1. The minimum atomic E-state index is -0.388. The molecule has 4 nitrogen and oxygen atoms in total. The van der Waals surface area contributed by atoms with Crippen molar-refractivity contribution in [2.75, 3.05) is 20.2 Å². The Hall–Kier alpha value is -3.08. The molecule has 3 aromatic rings. The monoisotopic (exact) mass is 353 g/mol. The first kappa shape index (κ1) is 17.7. The van der Waals surface area contributed by atoms with Gasteiger partial charge in [-0.3, -0.25) is 4.79 Å². The van der Waals surface area contributed by atoms with Crippen LogP contribution in [0.25, 0.3) is 11.3 Å². The number of carbonyl (C=O) groups excluding carboxylic acids is 1. The first-order chi connectivity index (χ1) is 12.5. The van der Waals surface area contributed by atoms with Crippen molar-refractivity contribution in [1.82, 2.24) is 4.90 Å². The van der Waals surface area contributed by atoms with E-state index in [-0.39, 0.29) is 17.5 Å². The summed E-state index contributed by atoms with van der Waals surface area (Å²) >= 11 is 0. The summed E-state index contributed by atoms with van der Waals surface area (Å²) in [6, 6.07) is 17.2. The maximum Gasteiger partial charge on any atom is 0.289 e. The van der Waals surface area contributed by atoms with Gasteiger partial charge in [-0.2, -0.15) is 0 Å². The number of amides is 1. The Labute approximate surface area is 151 Å². The predicted molar refractivity (Wildman–Crippen MR) is 97.7 cm³/mol. The zero-order valence-electron chi connectivity index (χ0n) is 14.7. The second-order valence-corrected chi connectivity index (χ2v) is 6.03. The summed E-state index contributed by atoms with van der Waals surface area (Å²) in [5.74, 6) is 0.592. The van der Waals surface area contributed by atoms with Gasteiger partial charge in [-0.15, -0.1) is 0 Å². The van der Waals surface area contributed by atoms with Gasteiger partial charge < -0.3 is 14.1 Å². The Morgan fingerprint density at radius 2 is 1.81 bits per heavy atom. The summed E-state index contributed by atoms with van der Waals surface area (Å²) in [6.45, 7) is 2.78. The molecule has 134 valence electrons. The summed E-state index contributed by atoms with van der Waals surface area (Å²) in [5.41, 5.74) is 1.49. The van der Waals surface area contributed by atoms with Gasteiger partial charge in [0, 0.05) is 7.05 Å². The lowest BCUT2D eigenvalue weighted by Crippen LogP contribution is -2.30. The molecule has 0 saturated heterocycles. The van der Waals surface area contributed by atoms with Gasteiger partial charge in [-0.25, -0.2) is 4.39 Å². The molecule has 0 atom stereocenters. The van der Waals surface area contributed by atoms with E-state index in [1.54, 1.807) is 37.4 Å². The number of rotatable bonds is 6. The fourth-order valence-electron chi connectivity index (χ4n) is 2.48. The van der Waals surface area contributed by atoms with E-state index >= 15 is 0 Å². The topological polar surface area (TPSA) is 42.7 Å². The van der Waals surface area contributed by atoms with E-state index < -0.39 is 0 Å². The predicted octanol–water partition coefficient (Wildman–Crippen LogP) is 4.55. The van der Waals surface area contributed by atoms with Crippen LogP contribution in [-0.2, 0) is 0 Å². The van der Waals surface area contributed by atoms with Crippen molar-refractivity contribution in [3.63, 3.8) is 0 Å². The van der Waals surface area contributed by atoms with Gasteiger partial charge in [-0.05, 0) is 43.3 Å². The molecule has 0 aliphatic carbocycles. The van der Waals surface area contributed by atoms with Gasteiger partial charge >= 0.3 is 0 Å². The fraction of sp³-hybridized carbons (Fsp3) is 0.190. The third-order valence-corrected chi connectivity index (χ3v) is 4.02. The largest absolute Gasteiger partial charge is 0.492 e. The lowest BCUT2D eigenvalue weighted by Gasteiger charge is -2.16. The molecule has 0 fully saturated rings. The van der Waals surface area contributed by atoms with Crippen LogP contribution in [0.5, 0.6) is 5.75 Å². The quantitative estimate of drug-likeness (QED) is 0.653. The van der Waals surface area contributed by atoms with Crippen molar-refractivity contribution in [3.05, 3.63) is 77.8 Å². The van der Waals surface area contributed by atoms with Crippen molar-refractivity contribution >= 4 is 5.91 Å². The highest BCUT2D eigenvalue weighted by molar-refractivity contribution is 5.92. The first-order valence-corrected chi connectivity index (χ1v) is 8.34. The van der Waals surface area contributed by atoms with E-state index in [9.17, 15) is 9.18 Å². The summed E-state index contributed by atoms with van der Waals surface area (Å²) in [4.78, 5) is 14.0. The molecule has 2 aromatic carbocycles. The number of halogens is 1. The summed E-state index contributed by atoms with van der Waals surface area (Å²) < 4.78 is 25.0.